The van der Waals surface area contributed by atoms with E-state index in [0.29, 0.717) is 44.4 Å². The summed E-state index contributed by atoms with van der Waals surface area (Å²) in [4.78, 5) is 16.9. The molecule has 0 amide bonds. The van der Waals surface area contributed by atoms with Crippen LogP contribution in [0.3, 0.4) is 0 Å². The first-order chi connectivity index (χ1) is 11.5. The van der Waals surface area contributed by atoms with Crippen LogP contribution in [0, 0.1) is 6.92 Å². The summed E-state index contributed by atoms with van der Waals surface area (Å²) in [6.45, 7) is 4.45. The number of rotatable bonds is 3. The lowest BCUT2D eigenvalue weighted by molar-refractivity contribution is 0.0603. The number of methoxy groups -OCH3 is 1. The van der Waals surface area contributed by atoms with E-state index < -0.39 is 5.97 Å². The van der Waals surface area contributed by atoms with Crippen molar-refractivity contribution in [3.63, 3.8) is 0 Å². The Morgan fingerprint density at radius 2 is 2.04 bits per heavy atom. The van der Waals surface area contributed by atoms with E-state index in [1.165, 1.54) is 7.11 Å². The first-order valence-corrected chi connectivity index (χ1v) is 8.13. The van der Waals surface area contributed by atoms with E-state index in [-0.39, 0.29) is 0 Å². The standard InChI is InChI=1S/C17H15Cl2N3O2/c1-4-22-16-15(9(2)21-22)12(17(23)24-3)8-14(20-16)11-6-5-10(18)7-13(11)19/h5-8H,4H2,1-3H3. The summed E-state index contributed by atoms with van der Waals surface area (Å²) in [7, 11) is 1.35. The number of aromatic nitrogens is 3. The number of aryl methyl sites for hydroxylation is 2. The maximum atomic E-state index is 12.3. The number of esters is 1. The van der Waals surface area contributed by atoms with Crippen LogP contribution < -0.4 is 0 Å². The Kier molecular flexibility index (Phi) is 4.47. The van der Waals surface area contributed by atoms with Gasteiger partial charge in [-0.3, -0.25) is 0 Å². The van der Waals surface area contributed by atoms with Crippen molar-refractivity contribution in [2.75, 3.05) is 7.11 Å². The van der Waals surface area contributed by atoms with Gasteiger partial charge in [0.25, 0.3) is 0 Å². The molecule has 24 heavy (non-hydrogen) atoms. The van der Waals surface area contributed by atoms with Gasteiger partial charge in [-0.2, -0.15) is 5.10 Å². The van der Waals surface area contributed by atoms with Crippen molar-refractivity contribution in [3.05, 3.63) is 45.6 Å². The highest BCUT2D eigenvalue weighted by molar-refractivity contribution is 6.36. The lowest BCUT2D eigenvalue weighted by Crippen LogP contribution is -2.05. The van der Waals surface area contributed by atoms with Crippen LogP contribution in [0.25, 0.3) is 22.3 Å². The van der Waals surface area contributed by atoms with Crippen molar-refractivity contribution in [1.82, 2.24) is 14.8 Å². The number of carbonyl (C=O) groups excluding carboxylic acids is 1. The Bertz CT molecular complexity index is 951. The maximum Gasteiger partial charge on any atom is 0.338 e. The third kappa shape index (κ3) is 2.74. The molecule has 124 valence electrons. The zero-order chi connectivity index (χ0) is 17.4. The predicted molar refractivity (Wildman–Crippen MR) is 94.7 cm³/mol. The Morgan fingerprint density at radius 1 is 1.29 bits per heavy atom. The van der Waals surface area contributed by atoms with Crippen molar-refractivity contribution in [2.24, 2.45) is 0 Å². The minimum absolute atomic E-state index is 0.417. The average Bonchev–Trinajstić information content (AvgIpc) is 2.89. The molecular formula is C17H15Cl2N3O2. The van der Waals surface area contributed by atoms with Crippen LogP contribution in [0.1, 0.15) is 23.0 Å². The second-order valence-corrected chi connectivity index (χ2v) is 6.11. The summed E-state index contributed by atoms with van der Waals surface area (Å²) in [6.07, 6.45) is 0. The average molecular weight is 364 g/mol. The van der Waals surface area contributed by atoms with E-state index in [1.54, 1.807) is 28.9 Å². The highest BCUT2D eigenvalue weighted by atomic mass is 35.5. The van der Waals surface area contributed by atoms with Gasteiger partial charge in [0.15, 0.2) is 5.65 Å². The molecule has 0 aliphatic rings. The number of carbonyl (C=O) groups is 1. The molecule has 0 unspecified atom stereocenters. The molecule has 3 rings (SSSR count). The van der Waals surface area contributed by atoms with Crippen molar-refractivity contribution >= 4 is 40.2 Å². The molecular weight excluding hydrogens is 349 g/mol. The third-order valence-corrected chi connectivity index (χ3v) is 4.34. The molecule has 2 heterocycles. The number of hydrogen-bond donors (Lipinski definition) is 0. The highest BCUT2D eigenvalue weighted by Gasteiger charge is 2.21. The summed E-state index contributed by atoms with van der Waals surface area (Å²) >= 11 is 12.3. The molecule has 2 aromatic heterocycles. The van der Waals surface area contributed by atoms with Gasteiger partial charge in [-0.1, -0.05) is 23.2 Å². The number of nitrogens with zero attached hydrogens (tertiary/aromatic N) is 3. The zero-order valence-corrected chi connectivity index (χ0v) is 14.9. The molecule has 0 saturated heterocycles. The number of hydrogen-bond acceptors (Lipinski definition) is 4. The Hall–Kier alpha value is -2.11. The second-order valence-electron chi connectivity index (χ2n) is 5.27. The van der Waals surface area contributed by atoms with Crippen LogP contribution in [0.2, 0.25) is 10.0 Å². The van der Waals surface area contributed by atoms with Crippen molar-refractivity contribution in [1.29, 1.82) is 0 Å². The largest absolute Gasteiger partial charge is 0.465 e. The number of benzene rings is 1. The van der Waals surface area contributed by atoms with Gasteiger partial charge < -0.3 is 4.74 Å². The first kappa shape index (κ1) is 16.7. The van der Waals surface area contributed by atoms with E-state index in [4.69, 9.17) is 27.9 Å². The number of halogens is 2. The van der Waals surface area contributed by atoms with Crippen molar-refractivity contribution in [3.8, 4) is 11.3 Å². The van der Waals surface area contributed by atoms with Crippen LogP contribution in [0.15, 0.2) is 24.3 Å². The molecule has 0 aliphatic carbocycles. The quantitative estimate of drug-likeness (QED) is 0.641. The molecule has 0 N–H and O–H groups in total. The molecule has 0 fully saturated rings. The van der Waals surface area contributed by atoms with Gasteiger partial charge in [0.1, 0.15) is 0 Å². The minimum Gasteiger partial charge on any atom is -0.465 e. The highest BCUT2D eigenvalue weighted by Crippen LogP contribution is 2.32. The van der Waals surface area contributed by atoms with Crippen LogP contribution in [0.5, 0.6) is 0 Å². The Labute approximate surface area is 149 Å². The molecule has 0 bridgehead atoms. The van der Waals surface area contributed by atoms with E-state index >= 15 is 0 Å². The molecule has 5 nitrogen and oxygen atoms in total. The fourth-order valence-electron chi connectivity index (χ4n) is 2.68. The summed E-state index contributed by atoms with van der Waals surface area (Å²) in [5.41, 5.74) is 3.03. The van der Waals surface area contributed by atoms with Gasteiger partial charge in [0.05, 0.1) is 34.5 Å². The molecule has 0 saturated carbocycles. The van der Waals surface area contributed by atoms with Gasteiger partial charge in [-0.15, -0.1) is 0 Å². The smallest absolute Gasteiger partial charge is 0.338 e. The van der Waals surface area contributed by atoms with Gasteiger partial charge in [0.2, 0.25) is 0 Å². The van der Waals surface area contributed by atoms with E-state index in [0.717, 1.165) is 5.69 Å². The fourth-order valence-corrected chi connectivity index (χ4v) is 3.19. The minimum atomic E-state index is -0.438. The van der Waals surface area contributed by atoms with Crippen molar-refractivity contribution < 1.29 is 9.53 Å². The van der Waals surface area contributed by atoms with Gasteiger partial charge in [-0.05, 0) is 38.1 Å². The topological polar surface area (TPSA) is 57.0 Å². The lowest BCUT2D eigenvalue weighted by atomic mass is 10.1. The summed E-state index contributed by atoms with van der Waals surface area (Å²) in [6, 6.07) is 6.83. The van der Waals surface area contributed by atoms with Gasteiger partial charge in [-0.25, -0.2) is 14.5 Å². The van der Waals surface area contributed by atoms with Crippen LogP contribution in [-0.4, -0.2) is 27.8 Å². The molecule has 7 heteroatoms. The van der Waals surface area contributed by atoms with Crippen LogP contribution in [0.4, 0.5) is 0 Å². The zero-order valence-electron chi connectivity index (χ0n) is 13.4. The molecule has 1 aromatic carbocycles. The predicted octanol–water partition coefficient (Wildman–Crippen LogP) is 4.52. The molecule has 0 atom stereocenters. The lowest BCUT2D eigenvalue weighted by Gasteiger charge is -2.09. The summed E-state index contributed by atoms with van der Waals surface area (Å²) in [5, 5.41) is 6.14. The second kappa shape index (κ2) is 6.42. The normalized spacial score (nSPS) is 11.0. The monoisotopic (exact) mass is 363 g/mol. The van der Waals surface area contributed by atoms with Gasteiger partial charge >= 0.3 is 5.97 Å². The van der Waals surface area contributed by atoms with Crippen LogP contribution >= 0.6 is 23.2 Å². The SMILES string of the molecule is CCn1nc(C)c2c(C(=O)OC)cc(-c3ccc(Cl)cc3Cl)nc21. The fraction of sp³-hybridized carbons (Fsp3) is 0.235. The molecule has 0 spiro atoms. The number of ether oxygens (including phenoxy) is 1. The molecule has 0 aliphatic heterocycles. The first-order valence-electron chi connectivity index (χ1n) is 7.38. The molecule has 3 aromatic rings. The van der Waals surface area contributed by atoms with E-state index in [1.807, 2.05) is 13.8 Å². The Balaban J connectivity index is 2.35. The van der Waals surface area contributed by atoms with Crippen molar-refractivity contribution in [2.45, 2.75) is 20.4 Å². The summed E-state index contributed by atoms with van der Waals surface area (Å²) in [5.74, 6) is -0.438. The van der Waals surface area contributed by atoms with Crippen LogP contribution in [-0.2, 0) is 11.3 Å². The van der Waals surface area contributed by atoms with E-state index in [9.17, 15) is 4.79 Å². The number of pyridine rings is 1. The Morgan fingerprint density at radius 3 is 2.67 bits per heavy atom. The number of fused-ring (bicyclic) bond motifs is 1. The maximum absolute atomic E-state index is 12.3. The molecule has 0 radical (unpaired) electrons. The van der Waals surface area contributed by atoms with Gasteiger partial charge in [0, 0.05) is 17.1 Å². The summed E-state index contributed by atoms with van der Waals surface area (Å²) < 4.78 is 6.68. The third-order valence-electron chi connectivity index (χ3n) is 3.79. The van der Waals surface area contributed by atoms with E-state index in [2.05, 4.69) is 10.1 Å².